The molecule has 17 heavy (non-hydrogen) atoms. The number of hydrogen-bond acceptors (Lipinski definition) is 2. The van der Waals surface area contributed by atoms with Crippen molar-refractivity contribution in [1.82, 2.24) is 10.3 Å². The van der Waals surface area contributed by atoms with E-state index >= 15 is 0 Å². The van der Waals surface area contributed by atoms with Crippen molar-refractivity contribution in [2.75, 3.05) is 6.54 Å². The molecule has 1 aromatic heterocycles. The number of aromatic nitrogens is 1. The van der Waals surface area contributed by atoms with Gasteiger partial charge in [-0.3, -0.25) is 9.78 Å². The summed E-state index contributed by atoms with van der Waals surface area (Å²) >= 11 is 0. The molecule has 3 nitrogen and oxygen atoms in total. The number of amides is 1. The van der Waals surface area contributed by atoms with Crippen LogP contribution in [0.2, 0.25) is 0 Å². The van der Waals surface area contributed by atoms with E-state index in [9.17, 15) is 4.79 Å². The molecule has 0 unspecified atom stereocenters. The van der Waals surface area contributed by atoms with Crippen LogP contribution < -0.4 is 5.32 Å². The maximum atomic E-state index is 11.6. The van der Waals surface area contributed by atoms with E-state index in [4.69, 9.17) is 0 Å². The Balaban J connectivity index is 2.22. The molecule has 0 aliphatic rings. The minimum atomic E-state index is 0.127. The van der Waals surface area contributed by atoms with Crippen LogP contribution in [0.1, 0.15) is 38.8 Å². The lowest BCUT2D eigenvalue weighted by Crippen LogP contribution is -2.29. The molecule has 0 aliphatic heterocycles. The van der Waals surface area contributed by atoms with Crippen LogP contribution in [0.15, 0.2) is 24.4 Å². The Morgan fingerprint density at radius 3 is 2.71 bits per heavy atom. The van der Waals surface area contributed by atoms with Crippen molar-refractivity contribution in [3.63, 3.8) is 0 Å². The van der Waals surface area contributed by atoms with Gasteiger partial charge in [-0.05, 0) is 24.5 Å². The number of pyridine rings is 1. The summed E-state index contributed by atoms with van der Waals surface area (Å²) in [4.78, 5) is 15.8. The highest BCUT2D eigenvalue weighted by Crippen LogP contribution is 2.05. The van der Waals surface area contributed by atoms with Gasteiger partial charge < -0.3 is 5.32 Å². The second kappa shape index (κ2) is 7.82. The number of carbonyl (C=O) groups is 1. The first-order valence-corrected chi connectivity index (χ1v) is 6.42. The van der Waals surface area contributed by atoms with Crippen molar-refractivity contribution in [2.45, 2.75) is 39.5 Å². The molecular formula is C14H22N2O. The highest BCUT2D eigenvalue weighted by Gasteiger charge is 2.06. The summed E-state index contributed by atoms with van der Waals surface area (Å²) in [5.41, 5.74) is 0.977. The Kier molecular flexibility index (Phi) is 6.30. The first-order chi connectivity index (χ1) is 8.26. The van der Waals surface area contributed by atoms with Gasteiger partial charge in [0.1, 0.15) is 0 Å². The Morgan fingerprint density at radius 1 is 1.35 bits per heavy atom. The minimum absolute atomic E-state index is 0.127. The van der Waals surface area contributed by atoms with Crippen LogP contribution >= 0.6 is 0 Å². The minimum Gasteiger partial charge on any atom is -0.356 e. The summed E-state index contributed by atoms with van der Waals surface area (Å²) in [6.07, 6.45) is 5.25. The van der Waals surface area contributed by atoms with Gasteiger partial charge in [0.05, 0.1) is 0 Å². The fourth-order valence-electron chi connectivity index (χ4n) is 1.71. The van der Waals surface area contributed by atoms with Gasteiger partial charge in [-0.2, -0.15) is 0 Å². The number of carbonyl (C=O) groups excluding carboxylic acids is 1. The summed E-state index contributed by atoms with van der Waals surface area (Å²) in [6, 6.07) is 5.79. The highest BCUT2D eigenvalue weighted by atomic mass is 16.1. The topological polar surface area (TPSA) is 42.0 Å². The zero-order chi connectivity index (χ0) is 12.5. The number of nitrogens with one attached hydrogen (secondary N) is 1. The Morgan fingerprint density at radius 2 is 2.12 bits per heavy atom. The van der Waals surface area contributed by atoms with Gasteiger partial charge >= 0.3 is 0 Å². The van der Waals surface area contributed by atoms with Crippen molar-refractivity contribution >= 4 is 5.91 Å². The summed E-state index contributed by atoms with van der Waals surface area (Å²) in [5.74, 6) is 0.733. The maximum Gasteiger partial charge on any atom is 0.220 e. The zero-order valence-electron chi connectivity index (χ0n) is 10.8. The van der Waals surface area contributed by atoms with Gasteiger partial charge in [0.15, 0.2) is 0 Å². The number of aryl methyl sites for hydroxylation is 1. The molecule has 3 heteroatoms. The Bertz CT molecular complexity index is 320. The molecule has 1 N–H and O–H groups in total. The molecule has 0 aliphatic carbocycles. The number of hydrogen-bond donors (Lipinski definition) is 1. The van der Waals surface area contributed by atoms with Crippen LogP contribution in [-0.2, 0) is 11.2 Å². The molecule has 0 atom stereocenters. The maximum absolute atomic E-state index is 11.6. The molecule has 94 valence electrons. The summed E-state index contributed by atoms with van der Waals surface area (Å²) < 4.78 is 0. The molecular weight excluding hydrogens is 212 g/mol. The molecule has 1 aromatic rings. The highest BCUT2D eigenvalue weighted by molar-refractivity contribution is 5.76. The van der Waals surface area contributed by atoms with E-state index in [0.29, 0.717) is 12.3 Å². The van der Waals surface area contributed by atoms with E-state index in [0.717, 1.165) is 31.5 Å². The summed E-state index contributed by atoms with van der Waals surface area (Å²) in [7, 11) is 0. The zero-order valence-corrected chi connectivity index (χ0v) is 10.8. The van der Waals surface area contributed by atoms with Crippen LogP contribution in [0.3, 0.4) is 0 Å². The average molecular weight is 234 g/mol. The smallest absolute Gasteiger partial charge is 0.220 e. The lowest BCUT2D eigenvalue weighted by Gasteiger charge is -2.13. The third-order valence-electron chi connectivity index (χ3n) is 3.08. The van der Waals surface area contributed by atoms with Crippen molar-refractivity contribution in [3.8, 4) is 0 Å². The molecule has 1 rings (SSSR count). The van der Waals surface area contributed by atoms with Crippen LogP contribution in [0.25, 0.3) is 0 Å². The predicted octanol–water partition coefficient (Wildman–Crippen LogP) is 2.57. The lowest BCUT2D eigenvalue weighted by atomic mass is 10.0. The molecule has 0 saturated carbocycles. The summed E-state index contributed by atoms with van der Waals surface area (Å²) in [5, 5.41) is 2.99. The SMILES string of the molecule is CCC(CC)CNC(=O)CCc1ccccn1. The van der Waals surface area contributed by atoms with Crippen LogP contribution in [0.5, 0.6) is 0 Å². The van der Waals surface area contributed by atoms with E-state index in [1.165, 1.54) is 0 Å². The first-order valence-electron chi connectivity index (χ1n) is 6.42. The van der Waals surface area contributed by atoms with E-state index in [1.807, 2.05) is 18.2 Å². The van der Waals surface area contributed by atoms with Crippen molar-refractivity contribution < 1.29 is 4.79 Å². The predicted molar refractivity (Wildman–Crippen MR) is 69.6 cm³/mol. The van der Waals surface area contributed by atoms with Crippen LogP contribution in [-0.4, -0.2) is 17.4 Å². The third kappa shape index (κ3) is 5.48. The molecule has 0 saturated heterocycles. The fraction of sp³-hybridized carbons (Fsp3) is 0.571. The van der Waals surface area contributed by atoms with Gasteiger partial charge in [-0.25, -0.2) is 0 Å². The normalized spacial score (nSPS) is 10.5. The van der Waals surface area contributed by atoms with Gasteiger partial charge in [0, 0.05) is 24.9 Å². The van der Waals surface area contributed by atoms with Crippen molar-refractivity contribution in [3.05, 3.63) is 30.1 Å². The largest absolute Gasteiger partial charge is 0.356 e. The lowest BCUT2D eigenvalue weighted by molar-refractivity contribution is -0.121. The second-order valence-electron chi connectivity index (χ2n) is 4.31. The molecule has 0 radical (unpaired) electrons. The Labute approximate surface area is 104 Å². The molecule has 0 spiro atoms. The average Bonchev–Trinajstić information content (AvgIpc) is 2.39. The van der Waals surface area contributed by atoms with Gasteiger partial charge in [-0.1, -0.05) is 32.8 Å². The number of nitrogens with zero attached hydrogens (tertiary/aromatic N) is 1. The van der Waals surface area contributed by atoms with Crippen molar-refractivity contribution in [2.24, 2.45) is 5.92 Å². The second-order valence-corrected chi connectivity index (χ2v) is 4.31. The standard InChI is InChI=1S/C14H22N2O/c1-3-12(4-2)11-16-14(17)9-8-13-7-5-6-10-15-13/h5-7,10,12H,3-4,8-9,11H2,1-2H3,(H,16,17). The molecule has 0 bridgehead atoms. The van der Waals surface area contributed by atoms with Gasteiger partial charge in [0.2, 0.25) is 5.91 Å². The fourth-order valence-corrected chi connectivity index (χ4v) is 1.71. The van der Waals surface area contributed by atoms with E-state index in [-0.39, 0.29) is 5.91 Å². The van der Waals surface area contributed by atoms with Crippen molar-refractivity contribution in [1.29, 1.82) is 0 Å². The Hall–Kier alpha value is -1.38. The van der Waals surface area contributed by atoms with Crippen LogP contribution in [0.4, 0.5) is 0 Å². The van der Waals surface area contributed by atoms with Gasteiger partial charge in [-0.15, -0.1) is 0 Å². The molecule has 0 aromatic carbocycles. The van der Waals surface area contributed by atoms with E-state index in [1.54, 1.807) is 6.20 Å². The monoisotopic (exact) mass is 234 g/mol. The van der Waals surface area contributed by atoms with Crippen LogP contribution in [0, 0.1) is 5.92 Å². The number of rotatable bonds is 7. The van der Waals surface area contributed by atoms with E-state index < -0.39 is 0 Å². The third-order valence-corrected chi connectivity index (χ3v) is 3.08. The van der Waals surface area contributed by atoms with E-state index in [2.05, 4.69) is 24.1 Å². The first kappa shape index (κ1) is 13.7. The molecule has 1 heterocycles. The quantitative estimate of drug-likeness (QED) is 0.788. The molecule has 0 fully saturated rings. The summed E-state index contributed by atoms with van der Waals surface area (Å²) in [6.45, 7) is 5.12. The van der Waals surface area contributed by atoms with Gasteiger partial charge in [0.25, 0.3) is 0 Å². The molecule has 1 amide bonds.